The van der Waals surface area contributed by atoms with Crippen molar-refractivity contribution in [1.29, 1.82) is 0 Å². The maximum atomic E-state index is 13.0. The Morgan fingerprint density at radius 3 is 2.89 bits per heavy atom. The molecule has 3 unspecified atom stereocenters. The van der Waals surface area contributed by atoms with Gasteiger partial charge in [-0.25, -0.2) is 4.39 Å². The molecule has 1 heterocycles. The van der Waals surface area contributed by atoms with Crippen LogP contribution in [0.5, 0.6) is 0 Å². The van der Waals surface area contributed by atoms with E-state index >= 15 is 0 Å². The van der Waals surface area contributed by atoms with E-state index in [1.54, 1.807) is 6.07 Å². The van der Waals surface area contributed by atoms with E-state index in [0.29, 0.717) is 6.10 Å². The Kier molecular flexibility index (Phi) is 4.72. The summed E-state index contributed by atoms with van der Waals surface area (Å²) in [6.45, 7) is 2.07. The molecule has 3 atom stereocenters. The van der Waals surface area contributed by atoms with Crippen molar-refractivity contribution in [2.45, 2.75) is 44.4 Å². The predicted octanol–water partition coefficient (Wildman–Crippen LogP) is 2.53. The van der Waals surface area contributed by atoms with E-state index in [4.69, 9.17) is 10.6 Å². The average molecular weight is 317 g/mol. The summed E-state index contributed by atoms with van der Waals surface area (Å²) >= 11 is 3.38. The van der Waals surface area contributed by atoms with Crippen LogP contribution in [-0.2, 0) is 11.2 Å². The smallest absolute Gasteiger partial charge is 0.124 e. The molecule has 5 heteroatoms. The van der Waals surface area contributed by atoms with Crippen LogP contribution >= 0.6 is 15.9 Å². The SMILES string of the molecule is CC1CCC(C(Cc2ccc(F)cc2Br)NN)O1. The van der Waals surface area contributed by atoms with E-state index < -0.39 is 0 Å². The molecule has 0 bridgehead atoms. The summed E-state index contributed by atoms with van der Waals surface area (Å²) in [7, 11) is 0. The lowest BCUT2D eigenvalue weighted by Crippen LogP contribution is -2.45. The molecule has 18 heavy (non-hydrogen) atoms. The standard InChI is InChI=1S/C13H18BrFN2O/c1-8-2-5-13(18-8)12(17-16)6-9-3-4-10(15)7-11(9)14/h3-4,7-8,12-13,17H,2,5-6,16H2,1H3. The van der Waals surface area contributed by atoms with Crippen LogP contribution < -0.4 is 11.3 Å². The molecule has 3 N–H and O–H groups in total. The van der Waals surface area contributed by atoms with Crippen molar-refractivity contribution in [2.75, 3.05) is 0 Å². The summed E-state index contributed by atoms with van der Waals surface area (Å²) in [6.07, 6.45) is 3.21. The van der Waals surface area contributed by atoms with Crippen LogP contribution in [0.3, 0.4) is 0 Å². The summed E-state index contributed by atoms with van der Waals surface area (Å²) in [5, 5.41) is 0. The van der Waals surface area contributed by atoms with Gasteiger partial charge in [0.2, 0.25) is 0 Å². The zero-order chi connectivity index (χ0) is 13.1. The number of halogens is 2. The normalized spacial score (nSPS) is 25.3. The second-order valence-corrected chi connectivity index (χ2v) is 5.63. The highest BCUT2D eigenvalue weighted by Crippen LogP contribution is 2.25. The van der Waals surface area contributed by atoms with Crippen LogP contribution in [0.25, 0.3) is 0 Å². The zero-order valence-electron chi connectivity index (χ0n) is 10.3. The summed E-state index contributed by atoms with van der Waals surface area (Å²) in [6, 6.07) is 4.77. The van der Waals surface area contributed by atoms with Crippen molar-refractivity contribution < 1.29 is 9.13 Å². The number of benzene rings is 1. The van der Waals surface area contributed by atoms with Crippen molar-refractivity contribution in [3.8, 4) is 0 Å². The molecule has 1 aliphatic rings. The summed E-state index contributed by atoms with van der Waals surface area (Å²) in [5.74, 6) is 5.36. The monoisotopic (exact) mass is 316 g/mol. The quantitative estimate of drug-likeness (QED) is 0.663. The number of nitrogens with one attached hydrogen (secondary N) is 1. The summed E-state index contributed by atoms with van der Waals surface area (Å²) < 4.78 is 19.6. The molecule has 1 aromatic rings. The molecular formula is C13H18BrFN2O. The molecule has 1 aliphatic heterocycles. The molecular weight excluding hydrogens is 299 g/mol. The van der Waals surface area contributed by atoms with Gasteiger partial charge in [-0.3, -0.25) is 11.3 Å². The van der Waals surface area contributed by atoms with Crippen molar-refractivity contribution in [3.63, 3.8) is 0 Å². The fourth-order valence-electron chi connectivity index (χ4n) is 2.35. The first-order chi connectivity index (χ1) is 8.60. The van der Waals surface area contributed by atoms with Crippen molar-refractivity contribution in [3.05, 3.63) is 34.1 Å². The number of nitrogens with two attached hydrogens (primary N) is 1. The van der Waals surface area contributed by atoms with Gasteiger partial charge < -0.3 is 4.74 Å². The Balaban J connectivity index is 2.05. The molecule has 1 aromatic carbocycles. The van der Waals surface area contributed by atoms with Gasteiger partial charge in [-0.05, 0) is 43.9 Å². The van der Waals surface area contributed by atoms with E-state index in [1.165, 1.54) is 12.1 Å². The minimum absolute atomic E-state index is 0.0525. The van der Waals surface area contributed by atoms with E-state index in [2.05, 4.69) is 28.3 Å². The van der Waals surface area contributed by atoms with Gasteiger partial charge in [0.1, 0.15) is 5.82 Å². The molecule has 3 nitrogen and oxygen atoms in total. The van der Waals surface area contributed by atoms with E-state index in [-0.39, 0.29) is 18.0 Å². The van der Waals surface area contributed by atoms with Crippen LogP contribution in [0.15, 0.2) is 22.7 Å². The first-order valence-electron chi connectivity index (χ1n) is 6.15. The summed E-state index contributed by atoms with van der Waals surface area (Å²) in [4.78, 5) is 0. The number of hydrogen-bond donors (Lipinski definition) is 2. The Morgan fingerprint density at radius 2 is 2.33 bits per heavy atom. The second kappa shape index (κ2) is 6.10. The number of hydrazine groups is 1. The first-order valence-corrected chi connectivity index (χ1v) is 6.95. The van der Waals surface area contributed by atoms with E-state index in [1.807, 2.05) is 0 Å². The van der Waals surface area contributed by atoms with Crippen LogP contribution in [0, 0.1) is 5.82 Å². The molecule has 0 aromatic heterocycles. The minimum atomic E-state index is -0.242. The number of hydrogen-bond acceptors (Lipinski definition) is 3. The molecule has 0 radical (unpaired) electrons. The number of ether oxygens (including phenoxy) is 1. The Bertz CT molecular complexity index is 416. The maximum absolute atomic E-state index is 13.0. The maximum Gasteiger partial charge on any atom is 0.124 e. The third-order valence-electron chi connectivity index (χ3n) is 3.38. The molecule has 0 amide bonds. The van der Waals surface area contributed by atoms with Gasteiger partial charge in [-0.1, -0.05) is 22.0 Å². The minimum Gasteiger partial charge on any atom is -0.374 e. The van der Waals surface area contributed by atoms with Crippen molar-refractivity contribution >= 4 is 15.9 Å². The fraction of sp³-hybridized carbons (Fsp3) is 0.538. The van der Waals surface area contributed by atoms with Crippen LogP contribution in [0.2, 0.25) is 0 Å². The van der Waals surface area contributed by atoms with Gasteiger partial charge in [-0.2, -0.15) is 0 Å². The molecule has 1 fully saturated rings. The van der Waals surface area contributed by atoms with Crippen LogP contribution in [-0.4, -0.2) is 18.2 Å². The first kappa shape index (κ1) is 13.9. The van der Waals surface area contributed by atoms with Gasteiger partial charge in [0.25, 0.3) is 0 Å². The molecule has 0 saturated carbocycles. The Labute approximate surface area is 115 Å². The highest BCUT2D eigenvalue weighted by atomic mass is 79.9. The lowest BCUT2D eigenvalue weighted by atomic mass is 10.00. The van der Waals surface area contributed by atoms with Gasteiger partial charge in [0, 0.05) is 4.47 Å². The van der Waals surface area contributed by atoms with Gasteiger partial charge in [-0.15, -0.1) is 0 Å². The molecule has 0 aliphatic carbocycles. The largest absolute Gasteiger partial charge is 0.374 e. The highest BCUT2D eigenvalue weighted by molar-refractivity contribution is 9.10. The van der Waals surface area contributed by atoms with Crippen LogP contribution in [0.4, 0.5) is 4.39 Å². The van der Waals surface area contributed by atoms with E-state index in [9.17, 15) is 4.39 Å². The molecule has 100 valence electrons. The summed E-state index contributed by atoms with van der Waals surface area (Å²) in [5.41, 5.74) is 3.85. The Morgan fingerprint density at radius 1 is 1.56 bits per heavy atom. The topological polar surface area (TPSA) is 47.3 Å². The highest BCUT2D eigenvalue weighted by Gasteiger charge is 2.29. The third kappa shape index (κ3) is 3.29. The van der Waals surface area contributed by atoms with Gasteiger partial charge in [0.05, 0.1) is 18.2 Å². The third-order valence-corrected chi connectivity index (χ3v) is 4.12. The predicted molar refractivity (Wildman–Crippen MR) is 72.5 cm³/mol. The number of rotatable bonds is 4. The lowest BCUT2D eigenvalue weighted by molar-refractivity contribution is 0.0320. The molecule has 1 saturated heterocycles. The van der Waals surface area contributed by atoms with Crippen molar-refractivity contribution in [1.82, 2.24) is 5.43 Å². The van der Waals surface area contributed by atoms with Gasteiger partial charge >= 0.3 is 0 Å². The molecule has 0 spiro atoms. The van der Waals surface area contributed by atoms with Crippen molar-refractivity contribution in [2.24, 2.45) is 5.84 Å². The average Bonchev–Trinajstić information content (AvgIpc) is 2.75. The fourth-order valence-corrected chi connectivity index (χ4v) is 2.86. The zero-order valence-corrected chi connectivity index (χ0v) is 11.9. The second-order valence-electron chi connectivity index (χ2n) is 4.78. The lowest BCUT2D eigenvalue weighted by Gasteiger charge is -2.23. The van der Waals surface area contributed by atoms with Gasteiger partial charge in [0.15, 0.2) is 0 Å². The molecule has 2 rings (SSSR count). The van der Waals surface area contributed by atoms with E-state index in [0.717, 1.165) is 29.3 Å². The Hall–Kier alpha value is -0.490. The van der Waals surface area contributed by atoms with Crippen LogP contribution in [0.1, 0.15) is 25.3 Å².